The Bertz CT molecular complexity index is 492. The standard InChI is InChI=1S/C27H52O4Si/c1-5-29-27(28)25(24-32(2,3)4)20-16-14-12-10-8-6-7-9-11-13-15-18-22-30-26-21-17-19-23-31-26/h20,26H,5-19,21-24H2,1-4H3/b25-20+. The maximum Gasteiger partial charge on any atom is 0.333 e. The van der Waals surface area contributed by atoms with Crippen LogP contribution in [-0.4, -0.2) is 40.2 Å². The van der Waals surface area contributed by atoms with Crippen LogP contribution >= 0.6 is 0 Å². The first kappa shape index (κ1) is 29.4. The van der Waals surface area contributed by atoms with Crippen molar-refractivity contribution in [3.63, 3.8) is 0 Å². The molecule has 0 amide bonds. The maximum atomic E-state index is 12.2. The highest BCUT2D eigenvalue weighted by Crippen LogP contribution is 2.20. The van der Waals surface area contributed by atoms with Gasteiger partial charge in [-0.2, -0.15) is 0 Å². The van der Waals surface area contributed by atoms with Gasteiger partial charge in [-0.25, -0.2) is 4.79 Å². The largest absolute Gasteiger partial charge is 0.463 e. The number of rotatable bonds is 19. The van der Waals surface area contributed by atoms with E-state index in [1.165, 1.54) is 83.5 Å². The van der Waals surface area contributed by atoms with Crippen molar-refractivity contribution in [1.82, 2.24) is 0 Å². The molecule has 0 bridgehead atoms. The van der Waals surface area contributed by atoms with E-state index in [0.717, 1.165) is 37.7 Å². The molecule has 32 heavy (non-hydrogen) atoms. The Balaban J connectivity index is 1.92. The second-order valence-electron chi connectivity index (χ2n) is 10.5. The predicted molar refractivity (Wildman–Crippen MR) is 138 cm³/mol. The first-order valence-corrected chi connectivity index (χ1v) is 17.2. The molecule has 0 aliphatic carbocycles. The molecule has 0 aromatic carbocycles. The van der Waals surface area contributed by atoms with Crippen LogP contribution in [0.3, 0.4) is 0 Å². The van der Waals surface area contributed by atoms with Gasteiger partial charge >= 0.3 is 5.97 Å². The molecule has 1 aliphatic rings. The number of carbonyl (C=O) groups excluding carboxylic acids is 1. The van der Waals surface area contributed by atoms with E-state index in [4.69, 9.17) is 14.2 Å². The summed E-state index contributed by atoms with van der Waals surface area (Å²) in [6, 6.07) is 0.924. The van der Waals surface area contributed by atoms with Crippen LogP contribution in [0.2, 0.25) is 25.7 Å². The van der Waals surface area contributed by atoms with Crippen molar-refractivity contribution in [2.45, 2.75) is 135 Å². The lowest BCUT2D eigenvalue weighted by molar-refractivity contribution is -0.162. The zero-order valence-corrected chi connectivity index (χ0v) is 22.7. The van der Waals surface area contributed by atoms with Crippen LogP contribution in [-0.2, 0) is 19.0 Å². The Labute approximate surface area is 199 Å². The van der Waals surface area contributed by atoms with Gasteiger partial charge in [-0.15, -0.1) is 0 Å². The highest BCUT2D eigenvalue weighted by molar-refractivity contribution is 6.77. The fourth-order valence-corrected chi connectivity index (χ4v) is 5.63. The SMILES string of the molecule is CCOC(=O)/C(=C/CCCCCCCCCCCCCOC1CCCCO1)C[Si](C)(C)C. The summed E-state index contributed by atoms with van der Waals surface area (Å²) < 4.78 is 16.6. The van der Waals surface area contributed by atoms with Crippen molar-refractivity contribution in [2.75, 3.05) is 19.8 Å². The van der Waals surface area contributed by atoms with Gasteiger partial charge in [0.2, 0.25) is 0 Å². The van der Waals surface area contributed by atoms with Crippen LogP contribution in [0.15, 0.2) is 11.6 Å². The fraction of sp³-hybridized carbons (Fsp3) is 0.889. The van der Waals surface area contributed by atoms with Gasteiger partial charge in [0.25, 0.3) is 0 Å². The van der Waals surface area contributed by atoms with E-state index in [9.17, 15) is 4.79 Å². The summed E-state index contributed by atoms with van der Waals surface area (Å²) in [5, 5.41) is 0. The summed E-state index contributed by atoms with van der Waals surface area (Å²) >= 11 is 0. The van der Waals surface area contributed by atoms with Crippen molar-refractivity contribution in [2.24, 2.45) is 0 Å². The lowest BCUT2D eigenvalue weighted by Crippen LogP contribution is -2.23. The highest BCUT2D eigenvalue weighted by atomic mass is 28.3. The van der Waals surface area contributed by atoms with Gasteiger partial charge in [0.05, 0.1) is 6.61 Å². The third-order valence-electron chi connectivity index (χ3n) is 5.94. The van der Waals surface area contributed by atoms with Gasteiger partial charge in [-0.3, -0.25) is 0 Å². The lowest BCUT2D eigenvalue weighted by atomic mass is 10.0. The molecule has 1 fully saturated rings. The number of carbonyl (C=O) groups is 1. The average Bonchev–Trinajstić information content (AvgIpc) is 2.75. The van der Waals surface area contributed by atoms with E-state index in [-0.39, 0.29) is 12.3 Å². The molecular weight excluding hydrogens is 416 g/mol. The van der Waals surface area contributed by atoms with Crippen LogP contribution in [0, 0.1) is 0 Å². The fourth-order valence-electron chi connectivity index (χ4n) is 4.19. The molecule has 4 nitrogen and oxygen atoms in total. The number of esters is 1. The van der Waals surface area contributed by atoms with Gasteiger partial charge in [0, 0.05) is 26.9 Å². The molecule has 1 aliphatic heterocycles. The van der Waals surface area contributed by atoms with Crippen LogP contribution in [0.25, 0.3) is 0 Å². The number of hydrogen-bond acceptors (Lipinski definition) is 4. The molecule has 0 radical (unpaired) electrons. The van der Waals surface area contributed by atoms with Crippen LogP contribution < -0.4 is 0 Å². The van der Waals surface area contributed by atoms with E-state index < -0.39 is 8.07 Å². The first-order valence-electron chi connectivity index (χ1n) is 13.5. The van der Waals surface area contributed by atoms with Crippen molar-refractivity contribution in [3.8, 4) is 0 Å². The Hall–Kier alpha value is -0.653. The summed E-state index contributed by atoms with van der Waals surface area (Å²) in [6.45, 7) is 11.0. The molecule has 188 valence electrons. The summed E-state index contributed by atoms with van der Waals surface area (Å²) in [7, 11) is -1.31. The van der Waals surface area contributed by atoms with E-state index in [1.807, 2.05) is 6.92 Å². The van der Waals surface area contributed by atoms with Gasteiger partial charge < -0.3 is 14.2 Å². The van der Waals surface area contributed by atoms with Crippen molar-refractivity contribution >= 4 is 14.0 Å². The van der Waals surface area contributed by atoms with Gasteiger partial charge in [0.15, 0.2) is 6.29 Å². The summed E-state index contributed by atoms with van der Waals surface area (Å²) in [4.78, 5) is 12.2. The van der Waals surface area contributed by atoms with Crippen molar-refractivity contribution in [1.29, 1.82) is 0 Å². The third kappa shape index (κ3) is 16.9. The zero-order valence-electron chi connectivity index (χ0n) is 21.7. The zero-order chi connectivity index (χ0) is 23.5. The monoisotopic (exact) mass is 468 g/mol. The minimum Gasteiger partial charge on any atom is -0.463 e. The Morgan fingerprint density at radius 2 is 1.50 bits per heavy atom. The van der Waals surface area contributed by atoms with E-state index in [0.29, 0.717) is 6.61 Å². The van der Waals surface area contributed by atoms with Gasteiger partial charge in [-0.1, -0.05) is 83.5 Å². The van der Waals surface area contributed by atoms with Crippen molar-refractivity contribution in [3.05, 3.63) is 11.6 Å². The number of allylic oxidation sites excluding steroid dienone is 1. The van der Waals surface area contributed by atoms with Crippen LogP contribution in [0.1, 0.15) is 103 Å². The van der Waals surface area contributed by atoms with Crippen LogP contribution in [0.4, 0.5) is 0 Å². The molecule has 0 aromatic heterocycles. The smallest absolute Gasteiger partial charge is 0.333 e. The summed E-state index contributed by atoms with van der Waals surface area (Å²) in [5.41, 5.74) is 0.917. The molecule has 5 heteroatoms. The number of hydrogen-bond donors (Lipinski definition) is 0. The molecule has 0 N–H and O–H groups in total. The third-order valence-corrected chi connectivity index (χ3v) is 7.38. The van der Waals surface area contributed by atoms with E-state index in [2.05, 4.69) is 25.7 Å². The molecule has 1 saturated heterocycles. The molecule has 0 saturated carbocycles. The molecule has 0 aromatic rings. The second-order valence-corrected chi connectivity index (χ2v) is 16.0. The second kappa shape index (κ2) is 18.7. The molecule has 1 rings (SSSR count). The average molecular weight is 469 g/mol. The van der Waals surface area contributed by atoms with E-state index >= 15 is 0 Å². The molecular formula is C27H52O4Si. The summed E-state index contributed by atoms with van der Waals surface area (Å²) in [5.74, 6) is -0.0966. The normalized spacial score (nSPS) is 17.5. The molecule has 1 unspecified atom stereocenters. The molecule has 1 atom stereocenters. The number of ether oxygens (including phenoxy) is 3. The van der Waals surface area contributed by atoms with Gasteiger partial charge in [0.1, 0.15) is 0 Å². The maximum absolute atomic E-state index is 12.2. The predicted octanol–water partition coefficient (Wildman–Crippen LogP) is 8.04. The lowest BCUT2D eigenvalue weighted by Gasteiger charge is -2.22. The van der Waals surface area contributed by atoms with Crippen molar-refractivity contribution < 1.29 is 19.0 Å². The van der Waals surface area contributed by atoms with Crippen LogP contribution in [0.5, 0.6) is 0 Å². The summed E-state index contributed by atoms with van der Waals surface area (Å²) in [6.07, 6.45) is 21.1. The Morgan fingerprint density at radius 1 is 0.906 bits per heavy atom. The Kier molecular flexibility index (Phi) is 17.2. The van der Waals surface area contributed by atoms with Gasteiger partial charge in [-0.05, 0) is 51.5 Å². The highest BCUT2D eigenvalue weighted by Gasteiger charge is 2.20. The minimum atomic E-state index is -1.31. The molecule has 1 heterocycles. The quantitative estimate of drug-likeness (QED) is 0.0832. The minimum absolute atomic E-state index is 0.0736. The molecule has 0 spiro atoms. The van der Waals surface area contributed by atoms with E-state index in [1.54, 1.807) is 0 Å². The topological polar surface area (TPSA) is 44.8 Å². The number of unbranched alkanes of at least 4 members (excludes halogenated alkanes) is 11. The Morgan fingerprint density at radius 3 is 2.03 bits per heavy atom. The first-order chi connectivity index (χ1) is 15.4.